The van der Waals surface area contributed by atoms with Crippen molar-refractivity contribution < 1.29 is 9.53 Å². The molecule has 0 saturated carbocycles. The Morgan fingerprint density at radius 2 is 2.30 bits per heavy atom. The Balaban J connectivity index is 2.01. The summed E-state index contributed by atoms with van der Waals surface area (Å²) < 4.78 is 7.90. The van der Waals surface area contributed by atoms with Gasteiger partial charge >= 0.3 is 5.97 Å². The lowest BCUT2D eigenvalue weighted by Gasteiger charge is -2.11. The van der Waals surface area contributed by atoms with E-state index in [4.69, 9.17) is 9.84 Å². The highest BCUT2D eigenvalue weighted by atomic mass is 79.9. The number of carbonyl (C=O) groups is 1. The highest BCUT2D eigenvalue weighted by Crippen LogP contribution is 2.35. The van der Waals surface area contributed by atoms with E-state index in [1.54, 1.807) is 4.68 Å². The van der Waals surface area contributed by atoms with Gasteiger partial charge < -0.3 is 10.1 Å². The molecular weight excluding hydrogens is 358 g/mol. The molecule has 2 heterocycles. The number of rotatable bonds is 4. The number of nitrogens with one attached hydrogen (secondary N) is 1. The number of aromatic nitrogens is 2. The third kappa shape index (κ3) is 3.58. The average molecular weight is 380 g/mol. The summed E-state index contributed by atoms with van der Waals surface area (Å²) in [6.45, 7) is 4.45. The van der Waals surface area contributed by atoms with Crippen LogP contribution in [0.2, 0.25) is 0 Å². The molecule has 124 valence electrons. The lowest BCUT2D eigenvalue weighted by Crippen LogP contribution is -2.15. The summed E-state index contributed by atoms with van der Waals surface area (Å²) in [4.78, 5) is 11.9. The monoisotopic (exact) mass is 379 g/mol. The molecule has 1 aliphatic rings. The average Bonchev–Trinajstić information content (AvgIpc) is 2.72. The molecule has 1 fully saturated rings. The van der Waals surface area contributed by atoms with Crippen molar-refractivity contribution >= 4 is 32.8 Å². The van der Waals surface area contributed by atoms with Crippen molar-refractivity contribution in [2.24, 2.45) is 0 Å². The van der Waals surface area contributed by atoms with E-state index in [0.29, 0.717) is 12.5 Å². The molecule has 0 amide bonds. The maximum absolute atomic E-state index is 11.9. The van der Waals surface area contributed by atoms with Crippen LogP contribution in [0.4, 0.5) is 0 Å². The molecule has 0 bridgehead atoms. The number of benzene rings is 1. The number of esters is 1. The van der Waals surface area contributed by atoms with Gasteiger partial charge in [0.1, 0.15) is 6.54 Å². The standard InChI is InChI=1S/C17H22BrN3O2/c1-2-23-15(22)11-21-14-7-3-6-13(18)16(14)17(20-21)12-5-4-9-19-10-8-12/h3,6-7,12,19H,2,4-5,8-11H2,1H3. The number of carbonyl (C=O) groups excluding carboxylic acids is 1. The van der Waals surface area contributed by atoms with Crippen LogP contribution >= 0.6 is 15.9 Å². The molecular formula is C17H22BrN3O2. The zero-order valence-corrected chi connectivity index (χ0v) is 14.9. The molecule has 0 spiro atoms. The molecule has 0 aliphatic carbocycles. The molecule has 1 aliphatic heterocycles. The first-order valence-electron chi connectivity index (χ1n) is 8.22. The fourth-order valence-corrected chi connectivity index (χ4v) is 3.80. The van der Waals surface area contributed by atoms with E-state index >= 15 is 0 Å². The molecule has 0 radical (unpaired) electrons. The summed E-state index contributed by atoms with van der Waals surface area (Å²) >= 11 is 3.66. The summed E-state index contributed by atoms with van der Waals surface area (Å²) in [5.74, 6) is 0.181. The second-order valence-electron chi connectivity index (χ2n) is 5.86. The number of hydrogen-bond donors (Lipinski definition) is 1. The third-order valence-electron chi connectivity index (χ3n) is 4.30. The summed E-state index contributed by atoms with van der Waals surface area (Å²) in [5.41, 5.74) is 2.08. The van der Waals surface area contributed by atoms with Crippen molar-refractivity contribution in [3.63, 3.8) is 0 Å². The van der Waals surface area contributed by atoms with Crippen LogP contribution < -0.4 is 5.32 Å². The van der Waals surface area contributed by atoms with E-state index < -0.39 is 0 Å². The van der Waals surface area contributed by atoms with Gasteiger partial charge in [0.15, 0.2) is 0 Å². The van der Waals surface area contributed by atoms with E-state index in [1.807, 2.05) is 25.1 Å². The number of halogens is 1. The Bertz CT molecular complexity index is 690. The van der Waals surface area contributed by atoms with E-state index in [-0.39, 0.29) is 12.5 Å². The van der Waals surface area contributed by atoms with Crippen molar-refractivity contribution in [2.45, 2.75) is 38.6 Å². The largest absolute Gasteiger partial charge is 0.465 e. The molecule has 6 heteroatoms. The van der Waals surface area contributed by atoms with Crippen molar-refractivity contribution in [1.82, 2.24) is 15.1 Å². The van der Waals surface area contributed by atoms with Crippen LogP contribution in [0.15, 0.2) is 22.7 Å². The van der Waals surface area contributed by atoms with Gasteiger partial charge in [0.2, 0.25) is 0 Å². The third-order valence-corrected chi connectivity index (χ3v) is 4.96. The van der Waals surface area contributed by atoms with Crippen molar-refractivity contribution in [3.05, 3.63) is 28.4 Å². The molecule has 2 aromatic rings. The maximum atomic E-state index is 11.9. The SMILES string of the molecule is CCOC(=O)Cn1nc(C2CCCNCC2)c2c(Br)cccc21. The van der Waals surface area contributed by atoms with Gasteiger partial charge in [0.05, 0.1) is 17.8 Å². The van der Waals surface area contributed by atoms with Gasteiger partial charge in [-0.1, -0.05) is 22.0 Å². The summed E-state index contributed by atoms with van der Waals surface area (Å²) in [7, 11) is 0. The van der Waals surface area contributed by atoms with Crippen molar-refractivity contribution in [1.29, 1.82) is 0 Å². The van der Waals surface area contributed by atoms with Gasteiger partial charge in [-0.05, 0) is 51.4 Å². The smallest absolute Gasteiger partial charge is 0.327 e. The van der Waals surface area contributed by atoms with E-state index in [2.05, 4.69) is 21.2 Å². The number of nitrogens with zero attached hydrogens (tertiary/aromatic N) is 2. The first-order chi connectivity index (χ1) is 11.2. The number of ether oxygens (including phenoxy) is 1. The fraction of sp³-hybridized carbons (Fsp3) is 0.529. The summed E-state index contributed by atoms with van der Waals surface area (Å²) in [6, 6.07) is 6.04. The first kappa shape index (κ1) is 16.5. The molecule has 1 unspecified atom stereocenters. The lowest BCUT2D eigenvalue weighted by molar-refractivity contribution is -0.143. The lowest BCUT2D eigenvalue weighted by atomic mass is 9.94. The summed E-state index contributed by atoms with van der Waals surface area (Å²) in [5, 5.41) is 9.37. The Labute approximate surface area is 144 Å². The van der Waals surface area contributed by atoms with Crippen LogP contribution in [0.1, 0.15) is 37.8 Å². The Morgan fingerprint density at radius 3 is 3.13 bits per heavy atom. The molecule has 5 nitrogen and oxygen atoms in total. The molecule has 3 rings (SSSR count). The molecule has 23 heavy (non-hydrogen) atoms. The molecule has 1 atom stereocenters. The van der Waals surface area contributed by atoms with Crippen LogP contribution in [0.5, 0.6) is 0 Å². The minimum atomic E-state index is -0.244. The quantitative estimate of drug-likeness (QED) is 0.828. The van der Waals surface area contributed by atoms with E-state index in [0.717, 1.165) is 53.4 Å². The van der Waals surface area contributed by atoms with Gasteiger partial charge in [-0.15, -0.1) is 0 Å². The van der Waals surface area contributed by atoms with Crippen LogP contribution in [-0.2, 0) is 16.1 Å². The van der Waals surface area contributed by atoms with Gasteiger partial charge in [-0.3, -0.25) is 9.48 Å². The molecule has 1 aromatic carbocycles. The summed E-state index contributed by atoms with van der Waals surface area (Å²) in [6.07, 6.45) is 3.36. The predicted octanol–water partition coefficient (Wildman–Crippen LogP) is 3.22. The van der Waals surface area contributed by atoms with Crippen LogP contribution in [0.3, 0.4) is 0 Å². The number of hydrogen-bond acceptors (Lipinski definition) is 4. The Morgan fingerprint density at radius 1 is 1.43 bits per heavy atom. The fourth-order valence-electron chi connectivity index (χ4n) is 3.24. The normalized spacial score (nSPS) is 18.8. The number of fused-ring (bicyclic) bond motifs is 1. The Hall–Kier alpha value is -1.40. The maximum Gasteiger partial charge on any atom is 0.327 e. The highest BCUT2D eigenvalue weighted by Gasteiger charge is 2.23. The van der Waals surface area contributed by atoms with Gasteiger partial charge in [-0.25, -0.2) is 0 Å². The topological polar surface area (TPSA) is 56.2 Å². The zero-order valence-electron chi connectivity index (χ0n) is 13.3. The zero-order chi connectivity index (χ0) is 16.2. The predicted molar refractivity (Wildman–Crippen MR) is 93.5 cm³/mol. The molecule has 1 saturated heterocycles. The molecule has 1 N–H and O–H groups in total. The van der Waals surface area contributed by atoms with E-state index in [9.17, 15) is 4.79 Å². The second-order valence-corrected chi connectivity index (χ2v) is 6.71. The van der Waals surface area contributed by atoms with Gasteiger partial charge in [0, 0.05) is 15.8 Å². The second kappa shape index (κ2) is 7.45. The highest BCUT2D eigenvalue weighted by molar-refractivity contribution is 9.10. The van der Waals surface area contributed by atoms with Crippen molar-refractivity contribution in [3.8, 4) is 0 Å². The van der Waals surface area contributed by atoms with Gasteiger partial charge in [-0.2, -0.15) is 5.10 Å². The van der Waals surface area contributed by atoms with Crippen LogP contribution in [0, 0.1) is 0 Å². The van der Waals surface area contributed by atoms with Crippen LogP contribution in [-0.4, -0.2) is 35.4 Å². The van der Waals surface area contributed by atoms with Gasteiger partial charge in [0.25, 0.3) is 0 Å². The Kier molecular flexibility index (Phi) is 5.33. The molecule has 1 aromatic heterocycles. The minimum absolute atomic E-state index is 0.158. The van der Waals surface area contributed by atoms with E-state index in [1.165, 1.54) is 0 Å². The minimum Gasteiger partial charge on any atom is -0.465 e. The first-order valence-corrected chi connectivity index (χ1v) is 9.01. The van der Waals surface area contributed by atoms with Crippen LogP contribution in [0.25, 0.3) is 10.9 Å². The van der Waals surface area contributed by atoms with Crippen molar-refractivity contribution in [2.75, 3.05) is 19.7 Å².